The number of aliphatic hydroxyl groups excluding tert-OH is 1. The number of alkyl halides is 3. The van der Waals surface area contributed by atoms with E-state index in [1.54, 1.807) is 11.9 Å². The SMILES string of the molecule is CN(CCO)C1CCCCC1N(C)C(=O)c1ccc(C(F)(F)F)cc1. The predicted molar refractivity (Wildman–Crippen MR) is 89.3 cm³/mol. The maximum absolute atomic E-state index is 12.7. The van der Waals surface area contributed by atoms with Crippen molar-refractivity contribution in [2.45, 2.75) is 43.9 Å². The zero-order chi connectivity index (χ0) is 18.6. The summed E-state index contributed by atoms with van der Waals surface area (Å²) in [6, 6.07) is 4.48. The normalized spacial score (nSPS) is 21.4. The molecular weight excluding hydrogens is 333 g/mol. The molecule has 25 heavy (non-hydrogen) atoms. The van der Waals surface area contributed by atoms with Gasteiger partial charge in [0.25, 0.3) is 5.91 Å². The molecule has 1 aliphatic carbocycles. The average Bonchev–Trinajstić information content (AvgIpc) is 2.60. The van der Waals surface area contributed by atoms with Gasteiger partial charge in [-0.25, -0.2) is 0 Å². The zero-order valence-electron chi connectivity index (χ0n) is 14.6. The number of halogens is 3. The highest BCUT2D eigenvalue weighted by molar-refractivity contribution is 5.94. The molecule has 1 saturated carbocycles. The van der Waals surface area contributed by atoms with Gasteiger partial charge in [-0.15, -0.1) is 0 Å². The summed E-state index contributed by atoms with van der Waals surface area (Å²) in [4.78, 5) is 16.4. The molecule has 0 bridgehead atoms. The number of likely N-dealkylation sites (N-methyl/N-ethyl adjacent to an activating group) is 2. The lowest BCUT2D eigenvalue weighted by molar-refractivity contribution is -0.137. The second kappa shape index (κ2) is 8.19. The molecule has 0 spiro atoms. The lowest BCUT2D eigenvalue weighted by atomic mass is 9.88. The van der Waals surface area contributed by atoms with Gasteiger partial charge in [-0.2, -0.15) is 13.2 Å². The topological polar surface area (TPSA) is 43.8 Å². The third kappa shape index (κ3) is 4.73. The van der Waals surface area contributed by atoms with Crippen LogP contribution in [0.5, 0.6) is 0 Å². The van der Waals surface area contributed by atoms with Crippen molar-refractivity contribution in [3.63, 3.8) is 0 Å². The summed E-state index contributed by atoms with van der Waals surface area (Å²) in [6.45, 7) is 0.583. The molecule has 2 rings (SSSR count). The Morgan fingerprint density at radius 3 is 2.20 bits per heavy atom. The van der Waals surface area contributed by atoms with Gasteiger partial charge in [-0.05, 0) is 44.2 Å². The quantitative estimate of drug-likeness (QED) is 0.880. The van der Waals surface area contributed by atoms with Crippen LogP contribution in [0.2, 0.25) is 0 Å². The molecule has 0 radical (unpaired) electrons. The second-order valence-corrected chi connectivity index (χ2v) is 6.61. The summed E-state index contributed by atoms with van der Waals surface area (Å²) in [7, 11) is 3.63. The summed E-state index contributed by atoms with van der Waals surface area (Å²) in [5.41, 5.74) is -0.505. The van der Waals surface area contributed by atoms with Crippen molar-refractivity contribution >= 4 is 5.91 Å². The van der Waals surface area contributed by atoms with E-state index in [2.05, 4.69) is 4.90 Å². The van der Waals surface area contributed by atoms with Crippen molar-refractivity contribution in [1.82, 2.24) is 9.80 Å². The fourth-order valence-electron chi connectivity index (χ4n) is 3.54. The first-order valence-corrected chi connectivity index (χ1v) is 8.51. The number of amides is 1. The molecule has 7 heteroatoms. The van der Waals surface area contributed by atoms with E-state index in [9.17, 15) is 18.0 Å². The standard InChI is InChI=1S/C18H25F3N2O2/c1-22(11-12-24)15-5-3-4-6-16(15)23(2)17(25)13-7-9-14(10-8-13)18(19,20)21/h7-10,15-16,24H,3-6,11-12H2,1-2H3. The first-order chi connectivity index (χ1) is 11.8. The number of nitrogens with zero attached hydrogens (tertiary/aromatic N) is 2. The summed E-state index contributed by atoms with van der Waals surface area (Å²) < 4.78 is 38.0. The average molecular weight is 358 g/mol. The Kier molecular flexibility index (Phi) is 6.46. The Bertz CT molecular complexity index is 575. The van der Waals surface area contributed by atoms with Gasteiger partial charge in [-0.3, -0.25) is 9.69 Å². The fraction of sp³-hybridized carbons (Fsp3) is 0.611. The second-order valence-electron chi connectivity index (χ2n) is 6.61. The molecule has 1 amide bonds. The van der Waals surface area contributed by atoms with Crippen molar-refractivity contribution in [1.29, 1.82) is 0 Å². The van der Waals surface area contributed by atoms with E-state index in [1.807, 2.05) is 7.05 Å². The first-order valence-electron chi connectivity index (χ1n) is 8.51. The molecule has 1 N–H and O–H groups in total. The van der Waals surface area contributed by atoms with Gasteiger partial charge < -0.3 is 10.0 Å². The molecule has 0 heterocycles. The number of aliphatic hydroxyl groups is 1. The van der Waals surface area contributed by atoms with Gasteiger partial charge in [0.05, 0.1) is 12.2 Å². The first kappa shape index (κ1) is 19.7. The minimum absolute atomic E-state index is 0.0138. The van der Waals surface area contributed by atoms with Crippen LogP contribution in [0.3, 0.4) is 0 Å². The van der Waals surface area contributed by atoms with Crippen LogP contribution in [-0.4, -0.2) is 60.1 Å². The van der Waals surface area contributed by atoms with Gasteiger partial charge in [-0.1, -0.05) is 12.8 Å². The van der Waals surface area contributed by atoms with Gasteiger partial charge >= 0.3 is 6.18 Å². The van der Waals surface area contributed by atoms with E-state index in [0.717, 1.165) is 37.8 Å². The molecule has 140 valence electrons. The summed E-state index contributed by atoms with van der Waals surface area (Å²) in [5, 5.41) is 9.16. The van der Waals surface area contributed by atoms with Crippen molar-refractivity contribution < 1.29 is 23.1 Å². The third-order valence-electron chi connectivity index (χ3n) is 4.99. The van der Waals surface area contributed by atoms with Gasteiger partial charge in [0.2, 0.25) is 0 Å². The van der Waals surface area contributed by atoms with E-state index < -0.39 is 11.7 Å². The Morgan fingerprint density at radius 1 is 1.12 bits per heavy atom. The van der Waals surface area contributed by atoms with Crippen LogP contribution in [0.4, 0.5) is 13.2 Å². The molecule has 0 aromatic heterocycles. The molecule has 1 aromatic carbocycles. The van der Waals surface area contributed by atoms with E-state index in [4.69, 9.17) is 5.11 Å². The molecule has 0 aliphatic heterocycles. The van der Waals surface area contributed by atoms with Gasteiger partial charge in [0.15, 0.2) is 0 Å². The van der Waals surface area contributed by atoms with Crippen molar-refractivity contribution in [3.8, 4) is 0 Å². The summed E-state index contributed by atoms with van der Waals surface area (Å²) >= 11 is 0. The van der Waals surface area contributed by atoms with Crippen LogP contribution in [0, 0.1) is 0 Å². The highest BCUT2D eigenvalue weighted by Gasteiger charge is 2.34. The van der Waals surface area contributed by atoms with Crippen molar-refractivity contribution in [3.05, 3.63) is 35.4 Å². The van der Waals surface area contributed by atoms with E-state index in [-0.39, 0.29) is 30.2 Å². The lowest BCUT2D eigenvalue weighted by Crippen LogP contribution is -2.53. The third-order valence-corrected chi connectivity index (χ3v) is 4.99. The number of hydrogen-bond donors (Lipinski definition) is 1. The molecule has 0 saturated heterocycles. The fourth-order valence-corrected chi connectivity index (χ4v) is 3.54. The number of benzene rings is 1. The smallest absolute Gasteiger partial charge is 0.395 e. The number of carbonyl (C=O) groups excluding carboxylic acids is 1. The Balaban J connectivity index is 2.14. The Labute approximate surface area is 146 Å². The lowest BCUT2D eigenvalue weighted by Gasteiger charge is -2.42. The number of carbonyl (C=O) groups is 1. The monoisotopic (exact) mass is 358 g/mol. The maximum Gasteiger partial charge on any atom is 0.416 e. The predicted octanol–water partition coefficient (Wildman–Crippen LogP) is 3.01. The summed E-state index contributed by atoms with van der Waals surface area (Å²) in [6.07, 6.45) is -0.540. The van der Waals surface area contributed by atoms with Crippen LogP contribution < -0.4 is 0 Å². The zero-order valence-corrected chi connectivity index (χ0v) is 14.6. The van der Waals surface area contributed by atoms with E-state index in [0.29, 0.717) is 6.54 Å². The summed E-state index contributed by atoms with van der Waals surface area (Å²) in [5.74, 6) is -0.275. The van der Waals surface area contributed by atoms with E-state index in [1.165, 1.54) is 12.1 Å². The van der Waals surface area contributed by atoms with Crippen LogP contribution in [-0.2, 0) is 6.18 Å². The van der Waals surface area contributed by atoms with Crippen LogP contribution in [0.1, 0.15) is 41.6 Å². The number of rotatable bonds is 5. The molecule has 4 nitrogen and oxygen atoms in total. The maximum atomic E-state index is 12.7. The van der Waals surface area contributed by atoms with Gasteiger partial charge in [0, 0.05) is 31.2 Å². The van der Waals surface area contributed by atoms with Crippen LogP contribution in [0.15, 0.2) is 24.3 Å². The molecule has 2 atom stereocenters. The molecule has 1 aliphatic rings. The van der Waals surface area contributed by atoms with Crippen molar-refractivity contribution in [2.24, 2.45) is 0 Å². The Hall–Kier alpha value is -1.60. The minimum atomic E-state index is -4.41. The Morgan fingerprint density at radius 2 is 1.68 bits per heavy atom. The largest absolute Gasteiger partial charge is 0.416 e. The molecular formula is C18H25F3N2O2. The van der Waals surface area contributed by atoms with Crippen molar-refractivity contribution in [2.75, 3.05) is 27.2 Å². The molecule has 1 aromatic rings. The molecule has 1 fully saturated rings. The molecule has 2 unspecified atom stereocenters. The minimum Gasteiger partial charge on any atom is -0.395 e. The highest BCUT2D eigenvalue weighted by Crippen LogP contribution is 2.30. The highest BCUT2D eigenvalue weighted by atomic mass is 19.4. The van der Waals surface area contributed by atoms with Crippen LogP contribution >= 0.6 is 0 Å². The number of hydrogen-bond acceptors (Lipinski definition) is 3. The van der Waals surface area contributed by atoms with Gasteiger partial charge in [0.1, 0.15) is 0 Å². The van der Waals surface area contributed by atoms with E-state index >= 15 is 0 Å². The van der Waals surface area contributed by atoms with Crippen LogP contribution in [0.25, 0.3) is 0 Å².